The first-order valence-corrected chi connectivity index (χ1v) is 7.57. The van der Waals surface area contributed by atoms with Crippen LogP contribution in [0.4, 0.5) is 0 Å². The highest BCUT2D eigenvalue weighted by atomic mass is 32.2. The Labute approximate surface area is 134 Å². The van der Waals surface area contributed by atoms with E-state index >= 15 is 0 Å². The van der Waals surface area contributed by atoms with Gasteiger partial charge in [0.25, 0.3) is 0 Å². The van der Waals surface area contributed by atoms with Gasteiger partial charge < -0.3 is 5.73 Å². The molecule has 2 aromatic rings. The first-order valence-electron chi connectivity index (χ1n) is 6.34. The second kappa shape index (κ2) is 7.07. The molecule has 0 heterocycles. The van der Waals surface area contributed by atoms with Crippen LogP contribution >= 0.6 is 24.0 Å². The van der Waals surface area contributed by atoms with E-state index in [-0.39, 0.29) is 4.99 Å². The van der Waals surface area contributed by atoms with Crippen LogP contribution in [0.2, 0.25) is 0 Å². The van der Waals surface area contributed by atoms with Crippen LogP contribution in [0.25, 0.3) is 6.08 Å². The van der Waals surface area contributed by atoms with Crippen LogP contribution in [-0.4, -0.2) is 4.99 Å². The van der Waals surface area contributed by atoms with Crippen molar-refractivity contribution < 1.29 is 0 Å². The lowest BCUT2D eigenvalue weighted by Gasteiger charge is -2.03. The highest BCUT2D eigenvalue weighted by molar-refractivity contribution is 7.99. The molecule has 2 nitrogen and oxygen atoms in total. The lowest BCUT2D eigenvalue weighted by atomic mass is 10.1. The van der Waals surface area contributed by atoms with Crippen molar-refractivity contribution in [3.05, 3.63) is 65.2 Å². The molecule has 2 N–H and O–H groups in total. The molecule has 0 aliphatic heterocycles. The van der Waals surface area contributed by atoms with Crippen molar-refractivity contribution in [3.63, 3.8) is 0 Å². The normalized spacial score (nSPS) is 11.0. The van der Waals surface area contributed by atoms with Gasteiger partial charge in [0, 0.05) is 9.79 Å². The number of hydrogen-bond donors (Lipinski definition) is 1. The summed E-state index contributed by atoms with van der Waals surface area (Å²) in [5, 5.41) is 8.94. The Morgan fingerprint density at radius 2 is 1.62 bits per heavy atom. The average molecular weight is 310 g/mol. The zero-order valence-electron chi connectivity index (χ0n) is 11.5. The minimum atomic E-state index is 0.121. The Kier molecular flexibility index (Phi) is 5.15. The number of nitrogens with zero attached hydrogens (tertiary/aromatic N) is 1. The van der Waals surface area contributed by atoms with Crippen LogP contribution in [0.3, 0.4) is 0 Å². The fraction of sp³-hybridized carbons (Fsp3) is 0.0588. The minimum Gasteiger partial charge on any atom is -0.389 e. The van der Waals surface area contributed by atoms with E-state index in [0.29, 0.717) is 5.57 Å². The number of benzene rings is 2. The van der Waals surface area contributed by atoms with Crippen LogP contribution in [-0.2, 0) is 0 Å². The van der Waals surface area contributed by atoms with Crippen molar-refractivity contribution in [3.8, 4) is 6.07 Å². The predicted octanol–water partition coefficient (Wildman–Crippen LogP) is 4.34. The van der Waals surface area contributed by atoms with Gasteiger partial charge in [-0.2, -0.15) is 5.26 Å². The first-order chi connectivity index (χ1) is 10.1. The number of hydrogen-bond acceptors (Lipinski definition) is 3. The molecule has 2 aromatic carbocycles. The molecule has 2 rings (SSSR count). The van der Waals surface area contributed by atoms with Gasteiger partial charge in [-0.3, -0.25) is 0 Å². The summed E-state index contributed by atoms with van der Waals surface area (Å²) in [7, 11) is 0. The van der Waals surface area contributed by atoms with Crippen molar-refractivity contribution in [2.75, 3.05) is 0 Å². The van der Waals surface area contributed by atoms with Crippen molar-refractivity contribution >= 4 is 35.0 Å². The van der Waals surface area contributed by atoms with E-state index in [1.807, 2.05) is 30.3 Å². The van der Waals surface area contributed by atoms with Crippen LogP contribution < -0.4 is 5.73 Å². The van der Waals surface area contributed by atoms with Gasteiger partial charge in [-0.25, -0.2) is 0 Å². The predicted molar refractivity (Wildman–Crippen MR) is 92.1 cm³/mol. The van der Waals surface area contributed by atoms with Crippen LogP contribution in [0.15, 0.2) is 63.9 Å². The van der Waals surface area contributed by atoms with Gasteiger partial charge in [0.1, 0.15) is 11.1 Å². The first kappa shape index (κ1) is 15.3. The largest absolute Gasteiger partial charge is 0.389 e. The highest BCUT2D eigenvalue weighted by Gasteiger charge is 2.01. The van der Waals surface area contributed by atoms with Crippen molar-refractivity contribution in [2.24, 2.45) is 5.73 Å². The fourth-order valence-corrected chi connectivity index (χ4v) is 2.62. The number of nitrogens with two attached hydrogens (primary N) is 1. The summed E-state index contributed by atoms with van der Waals surface area (Å²) in [5.41, 5.74) is 7.96. The lowest BCUT2D eigenvalue weighted by molar-refractivity contribution is 1.36. The summed E-state index contributed by atoms with van der Waals surface area (Å²) in [5.74, 6) is 0. The quantitative estimate of drug-likeness (QED) is 0.518. The Morgan fingerprint density at radius 1 is 1.10 bits per heavy atom. The Morgan fingerprint density at radius 3 is 2.10 bits per heavy atom. The number of nitriles is 1. The van der Waals surface area contributed by atoms with Crippen LogP contribution in [0.1, 0.15) is 11.1 Å². The molecule has 0 saturated carbocycles. The highest BCUT2D eigenvalue weighted by Crippen LogP contribution is 2.28. The maximum Gasteiger partial charge on any atom is 0.114 e. The number of rotatable bonds is 4. The smallest absolute Gasteiger partial charge is 0.114 e. The maximum atomic E-state index is 8.94. The molecule has 0 aliphatic carbocycles. The summed E-state index contributed by atoms with van der Waals surface area (Å²) in [4.78, 5) is 2.46. The van der Waals surface area contributed by atoms with E-state index in [1.54, 1.807) is 17.8 Å². The van der Waals surface area contributed by atoms with E-state index < -0.39 is 0 Å². The van der Waals surface area contributed by atoms with Crippen LogP contribution in [0.5, 0.6) is 0 Å². The summed E-state index contributed by atoms with van der Waals surface area (Å²) in [6.07, 6.45) is 1.70. The molecular weight excluding hydrogens is 296 g/mol. The maximum absolute atomic E-state index is 8.94. The third-order valence-electron chi connectivity index (χ3n) is 2.83. The molecule has 0 bridgehead atoms. The minimum absolute atomic E-state index is 0.121. The summed E-state index contributed by atoms with van der Waals surface area (Å²) in [6, 6.07) is 18.3. The molecule has 0 radical (unpaired) electrons. The van der Waals surface area contributed by atoms with Gasteiger partial charge in [0.15, 0.2) is 0 Å². The zero-order valence-corrected chi connectivity index (χ0v) is 13.2. The monoisotopic (exact) mass is 310 g/mol. The molecular formula is C17H14N2S2. The standard InChI is InChI=1S/C17H14N2S2/c1-12-2-6-15(7-3-12)21-16-8-4-13(5-9-16)10-14(11-18)17(19)20/h2-10H,1H3,(H2,19,20). The van der Waals surface area contributed by atoms with Gasteiger partial charge in [-0.15, -0.1) is 0 Å². The number of thiocarbonyl (C=S) groups is 1. The van der Waals surface area contributed by atoms with E-state index in [9.17, 15) is 0 Å². The molecule has 0 aromatic heterocycles. The van der Waals surface area contributed by atoms with E-state index in [0.717, 1.165) is 10.5 Å². The third-order valence-corrected chi connectivity index (χ3v) is 4.07. The lowest BCUT2D eigenvalue weighted by Crippen LogP contribution is -2.09. The topological polar surface area (TPSA) is 49.8 Å². The summed E-state index contributed by atoms with van der Waals surface area (Å²) < 4.78 is 0. The Bertz CT molecular complexity index is 708. The van der Waals surface area contributed by atoms with E-state index in [1.165, 1.54) is 10.5 Å². The zero-order chi connectivity index (χ0) is 15.2. The molecule has 21 heavy (non-hydrogen) atoms. The van der Waals surface area contributed by atoms with Crippen LogP contribution in [0, 0.1) is 18.3 Å². The molecule has 0 spiro atoms. The van der Waals surface area contributed by atoms with Crippen molar-refractivity contribution in [1.29, 1.82) is 5.26 Å². The second-order valence-corrected chi connectivity index (χ2v) is 6.10. The third kappa shape index (κ3) is 4.45. The molecule has 4 heteroatoms. The molecule has 0 aliphatic rings. The van der Waals surface area contributed by atoms with Crippen molar-refractivity contribution in [2.45, 2.75) is 16.7 Å². The van der Waals surface area contributed by atoms with E-state index in [4.69, 9.17) is 23.2 Å². The van der Waals surface area contributed by atoms with Gasteiger partial charge in [0.05, 0.1) is 5.57 Å². The second-order valence-electron chi connectivity index (χ2n) is 4.52. The summed E-state index contributed by atoms with van der Waals surface area (Å²) in [6.45, 7) is 2.07. The van der Waals surface area contributed by atoms with Gasteiger partial charge >= 0.3 is 0 Å². The Hall–Kier alpha value is -2.09. The van der Waals surface area contributed by atoms with E-state index in [2.05, 4.69) is 31.2 Å². The molecule has 0 fully saturated rings. The SMILES string of the molecule is Cc1ccc(Sc2ccc(C=C(C#N)C(N)=S)cc2)cc1. The van der Waals surface area contributed by atoms with Gasteiger partial charge in [-0.05, 0) is 42.8 Å². The Balaban J connectivity index is 2.14. The molecule has 0 saturated heterocycles. The molecule has 104 valence electrons. The number of aryl methyl sites for hydroxylation is 1. The fourth-order valence-electron chi connectivity index (χ4n) is 1.70. The molecule has 0 atom stereocenters. The van der Waals surface area contributed by atoms with Crippen molar-refractivity contribution in [1.82, 2.24) is 0 Å². The average Bonchev–Trinajstić information content (AvgIpc) is 2.48. The van der Waals surface area contributed by atoms with Gasteiger partial charge in [-0.1, -0.05) is 53.8 Å². The summed E-state index contributed by atoms with van der Waals surface area (Å²) >= 11 is 6.52. The molecule has 0 unspecified atom stereocenters. The molecule has 0 amide bonds. The van der Waals surface area contributed by atoms with Gasteiger partial charge in [0.2, 0.25) is 0 Å².